The van der Waals surface area contributed by atoms with Gasteiger partial charge in [0.25, 0.3) is 10.0 Å². The zero-order chi connectivity index (χ0) is 23.0. The van der Waals surface area contributed by atoms with Crippen LogP contribution in [0, 0.1) is 36.3 Å². The van der Waals surface area contributed by atoms with Crippen LogP contribution in [0.3, 0.4) is 0 Å². The topological polar surface area (TPSA) is 65.5 Å². The summed E-state index contributed by atoms with van der Waals surface area (Å²) in [5.41, 5.74) is 0.446. The van der Waals surface area contributed by atoms with Gasteiger partial charge in [-0.05, 0) is 76.4 Å². The molecule has 6 nitrogen and oxygen atoms in total. The smallest absolute Gasteiger partial charge is 0.268 e. The van der Waals surface area contributed by atoms with Crippen molar-refractivity contribution in [1.29, 1.82) is 0 Å². The van der Waals surface area contributed by atoms with E-state index in [1.165, 1.54) is 19.1 Å². The number of halogens is 3. The number of benzene rings is 1. The molecule has 2 aromatic rings. The highest BCUT2D eigenvalue weighted by Gasteiger charge is 2.34. The molecule has 1 atom stereocenters. The minimum Gasteiger partial charge on any atom is -0.371 e. The first-order valence-electron chi connectivity index (χ1n) is 10.7. The molecule has 3 heterocycles. The molecule has 174 valence electrons. The van der Waals surface area contributed by atoms with Gasteiger partial charge in [-0.3, -0.25) is 4.72 Å². The van der Waals surface area contributed by atoms with Crippen LogP contribution in [-0.4, -0.2) is 51.5 Å². The Balaban J connectivity index is 1.56. The van der Waals surface area contributed by atoms with Crippen LogP contribution in [0.15, 0.2) is 29.2 Å². The van der Waals surface area contributed by atoms with Crippen molar-refractivity contribution in [2.75, 3.05) is 42.8 Å². The lowest BCUT2D eigenvalue weighted by atomic mass is 9.84. The summed E-state index contributed by atoms with van der Waals surface area (Å²) in [7, 11) is -2.53. The Morgan fingerprint density at radius 1 is 1.06 bits per heavy atom. The van der Waals surface area contributed by atoms with E-state index in [9.17, 15) is 17.2 Å². The lowest BCUT2D eigenvalue weighted by Gasteiger charge is -2.33. The van der Waals surface area contributed by atoms with E-state index in [1.54, 1.807) is 0 Å². The number of pyridine rings is 1. The van der Waals surface area contributed by atoms with Gasteiger partial charge in [0.05, 0.1) is 0 Å². The van der Waals surface area contributed by atoms with Crippen molar-refractivity contribution in [1.82, 2.24) is 9.88 Å². The average Bonchev–Trinajstić information content (AvgIpc) is 3.20. The van der Waals surface area contributed by atoms with E-state index in [4.69, 9.17) is 0 Å². The second kappa shape index (κ2) is 8.90. The fourth-order valence-electron chi connectivity index (χ4n) is 4.80. The lowest BCUT2D eigenvalue weighted by Crippen LogP contribution is -2.34. The van der Waals surface area contributed by atoms with Crippen LogP contribution >= 0.6 is 0 Å². The molecule has 1 aromatic heterocycles. The highest BCUT2D eigenvalue weighted by Crippen LogP contribution is 2.37. The summed E-state index contributed by atoms with van der Waals surface area (Å²) >= 11 is 0. The molecule has 0 spiro atoms. The number of nitrogens with zero attached hydrogens (tertiary/aromatic N) is 3. The summed E-state index contributed by atoms with van der Waals surface area (Å²) in [6, 6.07) is 4.57. The van der Waals surface area contributed by atoms with Crippen molar-refractivity contribution < 1.29 is 21.6 Å². The number of nitrogens with one attached hydrogen (secondary N) is 1. The molecule has 2 fully saturated rings. The molecule has 1 N–H and O–H groups in total. The molecule has 10 heteroatoms. The Labute approximate surface area is 186 Å². The predicted octanol–water partition coefficient (Wildman–Crippen LogP) is 3.78. The maximum absolute atomic E-state index is 15.2. The summed E-state index contributed by atoms with van der Waals surface area (Å²) in [5.74, 6) is -2.55. The van der Waals surface area contributed by atoms with E-state index in [0.29, 0.717) is 30.6 Å². The molecule has 32 heavy (non-hydrogen) atoms. The normalized spacial score (nSPS) is 20.7. The zero-order valence-electron chi connectivity index (χ0n) is 18.1. The molecule has 4 rings (SSSR count). The summed E-state index contributed by atoms with van der Waals surface area (Å²) in [6.07, 6.45) is 3.19. The zero-order valence-corrected chi connectivity index (χ0v) is 18.9. The van der Waals surface area contributed by atoms with Crippen LogP contribution < -0.4 is 9.62 Å². The van der Waals surface area contributed by atoms with Gasteiger partial charge >= 0.3 is 0 Å². The molecule has 0 bridgehead atoms. The highest BCUT2D eigenvalue weighted by molar-refractivity contribution is 7.92. The quantitative estimate of drug-likeness (QED) is 0.677. The molecule has 1 aromatic carbocycles. The van der Waals surface area contributed by atoms with Gasteiger partial charge in [0, 0.05) is 24.3 Å². The van der Waals surface area contributed by atoms with Crippen molar-refractivity contribution in [3.63, 3.8) is 0 Å². The number of hydrogen-bond donors (Lipinski definition) is 1. The standard InChI is InChI=1S/C22H27F3N4O2S/c1-14-18(29-11-8-16(13-29)15-6-9-28(2)10-7-15)12-17(23)22(21(14)25)32(30,31)27-20-5-3-4-19(24)26-20/h3-5,12,15-16H,6-11,13H2,1-2H3,(H,26,27). The molecular weight excluding hydrogens is 441 g/mol. The number of sulfonamides is 1. The number of hydrogen-bond acceptors (Lipinski definition) is 5. The summed E-state index contributed by atoms with van der Waals surface area (Å²) in [5, 5.41) is 0. The summed E-state index contributed by atoms with van der Waals surface area (Å²) in [6.45, 7) is 4.94. The van der Waals surface area contributed by atoms with Gasteiger partial charge in [0.1, 0.15) is 11.6 Å². The Morgan fingerprint density at radius 3 is 2.44 bits per heavy atom. The maximum atomic E-state index is 15.2. The van der Waals surface area contributed by atoms with Gasteiger partial charge in [0.15, 0.2) is 10.7 Å². The van der Waals surface area contributed by atoms with Crippen LogP contribution in [0.5, 0.6) is 0 Å². The van der Waals surface area contributed by atoms with E-state index < -0.39 is 32.5 Å². The Kier molecular flexibility index (Phi) is 6.35. The SMILES string of the molecule is Cc1c(N2CCC(C3CCN(C)CC3)C2)cc(F)c(S(=O)(=O)Nc2cccc(F)n2)c1F. The van der Waals surface area contributed by atoms with E-state index in [1.807, 2.05) is 9.62 Å². The van der Waals surface area contributed by atoms with Crippen LogP contribution in [0.4, 0.5) is 24.7 Å². The van der Waals surface area contributed by atoms with Gasteiger partial charge in [-0.15, -0.1) is 0 Å². The molecule has 2 aliphatic heterocycles. The number of aromatic nitrogens is 1. The first-order chi connectivity index (χ1) is 15.2. The number of rotatable bonds is 5. The van der Waals surface area contributed by atoms with E-state index in [0.717, 1.165) is 44.5 Å². The van der Waals surface area contributed by atoms with E-state index >= 15 is 4.39 Å². The highest BCUT2D eigenvalue weighted by atomic mass is 32.2. The molecule has 2 saturated heterocycles. The predicted molar refractivity (Wildman–Crippen MR) is 117 cm³/mol. The van der Waals surface area contributed by atoms with Crippen molar-refractivity contribution in [3.05, 3.63) is 47.4 Å². The van der Waals surface area contributed by atoms with Gasteiger partial charge in [-0.1, -0.05) is 6.07 Å². The molecule has 1 unspecified atom stereocenters. The van der Waals surface area contributed by atoms with Crippen LogP contribution in [-0.2, 0) is 10.0 Å². The largest absolute Gasteiger partial charge is 0.371 e. The number of likely N-dealkylation sites (tertiary alicyclic amines) is 1. The molecule has 0 amide bonds. The van der Waals surface area contributed by atoms with E-state index in [2.05, 4.69) is 16.9 Å². The third-order valence-corrected chi connectivity index (χ3v) is 8.00. The average molecular weight is 469 g/mol. The van der Waals surface area contributed by atoms with Crippen LogP contribution in [0.25, 0.3) is 0 Å². The number of anilines is 2. The van der Waals surface area contributed by atoms with Gasteiger partial charge in [-0.2, -0.15) is 4.39 Å². The van der Waals surface area contributed by atoms with E-state index in [-0.39, 0.29) is 11.4 Å². The molecule has 0 saturated carbocycles. The second-order valence-electron chi connectivity index (χ2n) is 8.73. The third kappa shape index (κ3) is 4.56. The van der Waals surface area contributed by atoms with Crippen molar-refractivity contribution in [2.45, 2.75) is 31.1 Å². The summed E-state index contributed by atoms with van der Waals surface area (Å²) in [4.78, 5) is 6.56. The Morgan fingerprint density at radius 2 is 1.75 bits per heavy atom. The molecular formula is C22H27F3N4O2S. The van der Waals surface area contributed by atoms with Crippen LogP contribution in [0.2, 0.25) is 0 Å². The minimum atomic E-state index is -4.64. The van der Waals surface area contributed by atoms with Gasteiger partial charge < -0.3 is 9.80 Å². The fraction of sp³-hybridized carbons (Fsp3) is 0.500. The van der Waals surface area contributed by atoms with Crippen LogP contribution in [0.1, 0.15) is 24.8 Å². The van der Waals surface area contributed by atoms with Crippen molar-refractivity contribution >= 4 is 21.5 Å². The second-order valence-corrected chi connectivity index (χ2v) is 10.4. The molecule has 2 aliphatic rings. The maximum Gasteiger partial charge on any atom is 0.268 e. The monoisotopic (exact) mass is 468 g/mol. The first kappa shape index (κ1) is 22.8. The number of piperidine rings is 1. The van der Waals surface area contributed by atoms with Gasteiger partial charge in [-0.25, -0.2) is 22.2 Å². The third-order valence-electron chi connectivity index (χ3n) is 6.61. The first-order valence-corrected chi connectivity index (χ1v) is 12.2. The Hall–Kier alpha value is -2.33. The van der Waals surface area contributed by atoms with Gasteiger partial charge in [0.2, 0.25) is 5.95 Å². The Bertz CT molecular complexity index is 1100. The fourth-order valence-corrected chi connectivity index (χ4v) is 6.00. The molecule has 0 aliphatic carbocycles. The summed E-state index contributed by atoms with van der Waals surface area (Å²) < 4.78 is 70.6. The minimum absolute atomic E-state index is 0.0722. The molecule has 0 radical (unpaired) electrons. The van der Waals surface area contributed by atoms with Crippen molar-refractivity contribution in [3.8, 4) is 0 Å². The van der Waals surface area contributed by atoms with Crippen molar-refractivity contribution in [2.24, 2.45) is 11.8 Å². The lowest BCUT2D eigenvalue weighted by molar-refractivity contribution is 0.178.